The van der Waals surface area contributed by atoms with Gasteiger partial charge in [-0.1, -0.05) is 31.2 Å². The lowest BCUT2D eigenvalue weighted by Gasteiger charge is -2.15. The summed E-state index contributed by atoms with van der Waals surface area (Å²) in [5.74, 6) is 1.05. The summed E-state index contributed by atoms with van der Waals surface area (Å²) >= 11 is 2.79. The number of hydrogen-bond acceptors (Lipinski definition) is 8. The van der Waals surface area contributed by atoms with Gasteiger partial charge >= 0.3 is 0 Å². The number of aromatic nitrogens is 1. The minimum absolute atomic E-state index is 0.142. The second kappa shape index (κ2) is 13.2. The predicted octanol–water partition coefficient (Wildman–Crippen LogP) is 6.60. The number of thioether (sulfide) groups is 1. The first-order valence-electron chi connectivity index (χ1n) is 12.2. The standard InChI is InChI=1S/C29H29N3O5S2/c1-5-25(27(33)32-29-31-21(17-38-29)20-12-6-7-13-22(20)35-2)39-19-11-8-10-18(16-19)30-28(34)26-23(36-3)14-9-15-24(26)37-4/h6-17,25H,5H2,1-4H3,(H,30,34)(H,31,32,33). The molecule has 1 atom stereocenters. The van der Waals surface area contributed by atoms with Crippen molar-refractivity contribution in [3.63, 3.8) is 0 Å². The summed E-state index contributed by atoms with van der Waals surface area (Å²) in [5.41, 5.74) is 2.50. The zero-order valence-corrected chi connectivity index (χ0v) is 23.7. The molecule has 4 aromatic rings. The van der Waals surface area contributed by atoms with Crippen LogP contribution in [0.3, 0.4) is 0 Å². The van der Waals surface area contributed by atoms with Crippen molar-refractivity contribution in [2.24, 2.45) is 0 Å². The van der Waals surface area contributed by atoms with Crippen LogP contribution in [0.5, 0.6) is 17.2 Å². The summed E-state index contributed by atoms with van der Waals surface area (Å²) in [4.78, 5) is 31.6. The fourth-order valence-electron chi connectivity index (χ4n) is 3.90. The number of anilines is 2. The molecule has 2 amide bonds. The van der Waals surface area contributed by atoms with Crippen LogP contribution in [0.4, 0.5) is 10.8 Å². The van der Waals surface area contributed by atoms with Crippen molar-refractivity contribution in [2.45, 2.75) is 23.5 Å². The van der Waals surface area contributed by atoms with Gasteiger partial charge in [-0.2, -0.15) is 0 Å². The number of para-hydroxylation sites is 1. The monoisotopic (exact) mass is 563 g/mol. The highest BCUT2D eigenvalue weighted by Crippen LogP contribution is 2.34. The number of nitrogens with one attached hydrogen (secondary N) is 2. The molecule has 1 heterocycles. The lowest BCUT2D eigenvalue weighted by Crippen LogP contribution is -2.24. The van der Waals surface area contributed by atoms with Crippen molar-refractivity contribution in [2.75, 3.05) is 32.0 Å². The fourth-order valence-corrected chi connectivity index (χ4v) is 5.63. The Bertz CT molecular complexity index is 1430. The van der Waals surface area contributed by atoms with Gasteiger partial charge in [-0.25, -0.2) is 4.98 Å². The molecule has 0 saturated carbocycles. The van der Waals surface area contributed by atoms with Crippen LogP contribution < -0.4 is 24.8 Å². The molecular formula is C29H29N3O5S2. The number of hydrogen-bond donors (Lipinski definition) is 2. The van der Waals surface area contributed by atoms with Gasteiger partial charge in [0.05, 0.1) is 32.3 Å². The number of carbonyl (C=O) groups is 2. The van der Waals surface area contributed by atoms with Crippen molar-refractivity contribution in [3.05, 3.63) is 77.7 Å². The van der Waals surface area contributed by atoms with E-state index in [2.05, 4.69) is 15.6 Å². The van der Waals surface area contributed by atoms with Crippen LogP contribution in [0.2, 0.25) is 0 Å². The van der Waals surface area contributed by atoms with E-state index in [1.54, 1.807) is 31.4 Å². The van der Waals surface area contributed by atoms with Crippen molar-refractivity contribution >= 4 is 45.7 Å². The lowest BCUT2D eigenvalue weighted by molar-refractivity contribution is -0.115. The Morgan fingerprint density at radius 2 is 1.56 bits per heavy atom. The molecule has 0 bridgehead atoms. The molecule has 8 nitrogen and oxygen atoms in total. The summed E-state index contributed by atoms with van der Waals surface area (Å²) in [5, 5.41) is 7.90. The number of nitrogens with zero attached hydrogens (tertiary/aromatic N) is 1. The number of rotatable bonds is 11. The molecule has 0 fully saturated rings. The van der Waals surface area contributed by atoms with Gasteiger partial charge in [0.2, 0.25) is 5.91 Å². The summed E-state index contributed by atoms with van der Waals surface area (Å²) in [6.07, 6.45) is 0.607. The third-order valence-electron chi connectivity index (χ3n) is 5.81. The molecule has 0 saturated heterocycles. The van der Waals surface area contributed by atoms with Gasteiger partial charge in [0.15, 0.2) is 5.13 Å². The maximum Gasteiger partial charge on any atom is 0.263 e. The first-order valence-corrected chi connectivity index (χ1v) is 13.9. The molecule has 39 heavy (non-hydrogen) atoms. The molecule has 2 N–H and O–H groups in total. The Kier molecular flexibility index (Phi) is 9.45. The molecule has 0 aliphatic heterocycles. The molecule has 1 aromatic heterocycles. The van der Waals surface area contributed by atoms with Gasteiger partial charge in [0.25, 0.3) is 5.91 Å². The number of carbonyl (C=O) groups excluding carboxylic acids is 2. The predicted molar refractivity (Wildman–Crippen MR) is 157 cm³/mol. The van der Waals surface area contributed by atoms with Gasteiger partial charge < -0.3 is 24.8 Å². The van der Waals surface area contributed by atoms with E-state index in [0.717, 1.165) is 21.9 Å². The molecule has 202 valence electrons. The lowest BCUT2D eigenvalue weighted by atomic mass is 10.1. The van der Waals surface area contributed by atoms with Gasteiger partial charge in [-0.3, -0.25) is 9.59 Å². The summed E-state index contributed by atoms with van der Waals surface area (Å²) in [6.45, 7) is 1.96. The highest BCUT2D eigenvalue weighted by Gasteiger charge is 2.21. The summed E-state index contributed by atoms with van der Waals surface area (Å²) in [7, 11) is 4.63. The largest absolute Gasteiger partial charge is 0.496 e. The SMILES string of the molecule is CCC(Sc1cccc(NC(=O)c2c(OC)cccc2OC)c1)C(=O)Nc1nc(-c2ccccc2OC)cs1. The van der Waals surface area contributed by atoms with E-state index in [4.69, 9.17) is 14.2 Å². The normalized spacial score (nSPS) is 11.4. The van der Waals surface area contributed by atoms with Gasteiger partial charge in [0.1, 0.15) is 22.8 Å². The Labute approximate surface area is 235 Å². The fraction of sp³-hybridized carbons (Fsp3) is 0.207. The van der Waals surface area contributed by atoms with Crippen LogP contribution in [0.25, 0.3) is 11.3 Å². The number of methoxy groups -OCH3 is 3. The number of ether oxygens (including phenoxy) is 3. The van der Waals surface area contributed by atoms with E-state index < -0.39 is 0 Å². The van der Waals surface area contributed by atoms with Crippen molar-refractivity contribution < 1.29 is 23.8 Å². The van der Waals surface area contributed by atoms with Crippen molar-refractivity contribution in [3.8, 4) is 28.5 Å². The van der Waals surface area contributed by atoms with E-state index in [9.17, 15) is 9.59 Å². The third-order valence-corrected chi connectivity index (χ3v) is 7.92. The summed E-state index contributed by atoms with van der Waals surface area (Å²) in [6, 6.07) is 20.2. The van der Waals surface area contributed by atoms with Crippen LogP contribution in [-0.4, -0.2) is 43.4 Å². The van der Waals surface area contributed by atoms with E-state index >= 15 is 0 Å². The molecule has 10 heteroatoms. The van der Waals surface area contributed by atoms with Crippen LogP contribution in [0.1, 0.15) is 23.7 Å². The first kappa shape index (κ1) is 28.0. The van der Waals surface area contributed by atoms with Crippen LogP contribution in [0.15, 0.2) is 77.0 Å². The van der Waals surface area contributed by atoms with Gasteiger partial charge in [-0.15, -0.1) is 23.1 Å². The Morgan fingerprint density at radius 3 is 2.26 bits per heavy atom. The first-order chi connectivity index (χ1) is 19.0. The minimum Gasteiger partial charge on any atom is -0.496 e. The summed E-state index contributed by atoms with van der Waals surface area (Å²) < 4.78 is 16.1. The quantitative estimate of drug-likeness (QED) is 0.198. The molecule has 4 rings (SSSR count). The Hall–Kier alpha value is -4.02. The van der Waals surface area contributed by atoms with Gasteiger partial charge in [-0.05, 0) is 48.9 Å². The second-order valence-corrected chi connectivity index (χ2v) is 10.4. The van der Waals surface area contributed by atoms with E-state index in [0.29, 0.717) is 34.3 Å². The molecular weight excluding hydrogens is 534 g/mol. The smallest absolute Gasteiger partial charge is 0.263 e. The second-order valence-electron chi connectivity index (χ2n) is 8.26. The van der Waals surface area contributed by atoms with Crippen molar-refractivity contribution in [1.29, 1.82) is 0 Å². The Morgan fingerprint density at radius 1 is 0.897 bits per heavy atom. The van der Waals surface area contributed by atoms with Crippen LogP contribution >= 0.6 is 23.1 Å². The number of amides is 2. The number of benzene rings is 3. The molecule has 0 aliphatic rings. The molecule has 0 radical (unpaired) electrons. The Balaban J connectivity index is 1.44. The van der Waals surface area contributed by atoms with E-state index in [-0.39, 0.29) is 17.1 Å². The molecule has 1 unspecified atom stereocenters. The zero-order valence-electron chi connectivity index (χ0n) is 22.0. The third kappa shape index (κ3) is 6.71. The van der Waals surface area contributed by atoms with Crippen LogP contribution in [0, 0.1) is 0 Å². The van der Waals surface area contributed by atoms with Gasteiger partial charge in [0, 0.05) is 21.5 Å². The molecule has 0 spiro atoms. The maximum absolute atomic E-state index is 13.1. The van der Waals surface area contributed by atoms with Crippen LogP contribution in [-0.2, 0) is 4.79 Å². The topological polar surface area (TPSA) is 98.8 Å². The highest BCUT2D eigenvalue weighted by atomic mass is 32.2. The minimum atomic E-state index is -0.358. The average molecular weight is 564 g/mol. The zero-order chi connectivity index (χ0) is 27.8. The van der Waals surface area contributed by atoms with E-state index in [1.807, 2.05) is 54.8 Å². The number of thiazole rings is 1. The maximum atomic E-state index is 13.1. The van der Waals surface area contributed by atoms with Crippen molar-refractivity contribution in [1.82, 2.24) is 4.98 Å². The molecule has 0 aliphatic carbocycles. The molecule has 3 aromatic carbocycles. The van der Waals surface area contributed by atoms with E-state index in [1.165, 1.54) is 37.3 Å². The highest BCUT2D eigenvalue weighted by molar-refractivity contribution is 8.00. The average Bonchev–Trinajstić information content (AvgIpc) is 3.43.